The lowest BCUT2D eigenvalue weighted by molar-refractivity contribution is 0.812. The second-order valence-corrected chi connectivity index (χ2v) is 5.92. The molecule has 3 nitrogen and oxygen atoms in total. The van der Waals surface area contributed by atoms with Gasteiger partial charge in [0.25, 0.3) is 0 Å². The SMILES string of the molecule is CNCc1sc(Cc2ccncc2)nc1C1CC1. The fourth-order valence-electron chi connectivity index (χ4n) is 2.13. The van der Waals surface area contributed by atoms with E-state index in [0.29, 0.717) is 0 Å². The summed E-state index contributed by atoms with van der Waals surface area (Å²) in [5.41, 5.74) is 2.63. The van der Waals surface area contributed by atoms with Crippen LogP contribution in [0, 0.1) is 0 Å². The van der Waals surface area contributed by atoms with E-state index in [2.05, 4.69) is 22.4 Å². The minimum atomic E-state index is 0.732. The summed E-state index contributed by atoms with van der Waals surface area (Å²) in [5.74, 6) is 0.732. The molecule has 0 radical (unpaired) electrons. The van der Waals surface area contributed by atoms with Crippen LogP contribution < -0.4 is 5.32 Å². The summed E-state index contributed by atoms with van der Waals surface area (Å²) in [6.07, 6.45) is 7.25. The van der Waals surface area contributed by atoms with Gasteiger partial charge in [0.2, 0.25) is 0 Å². The first-order chi connectivity index (χ1) is 8.86. The van der Waals surface area contributed by atoms with E-state index in [0.717, 1.165) is 18.9 Å². The highest BCUT2D eigenvalue weighted by Gasteiger charge is 2.29. The predicted molar refractivity (Wildman–Crippen MR) is 73.9 cm³/mol. The highest BCUT2D eigenvalue weighted by Crippen LogP contribution is 2.42. The van der Waals surface area contributed by atoms with Crippen molar-refractivity contribution in [1.82, 2.24) is 15.3 Å². The maximum atomic E-state index is 4.84. The van der Waals surface area contributed by atoms with Gasteiger partial charge >= 0.3 is 0 Å². The van der Waals surface area contributed by atoms with E-state index < -0.39 is 0 Å². The maximum Gasteiger partial charge on any atom is 0.0975 e. The number of pyridine rings is 1. The molecule has 0 saturated heterocycles. The van der Waals surface area contributed by atoms with Gasteiger partial charge in [-0.2, -0.15) is 0 Å². The topological polar surface area (TPSA) is 37.8 Å². The number of rotatable bonds is 5. The monoisotopic (exact) mass is 259 g/mol. The molecule has 94 valence electrons. The first-order valence-corrected chi connectivity index (χ1v) is 7.20. The van der Waals surface area contributed by atoms with E-state index in [1.807, 2.05) is 30.8 Å². The molecule has 18 heavy (non-hydrogen) atoms. The molecule has 0 aliphatic heterocycles. The fraction of sp³-hybridized carbons (Fsp3) is 0.429. The Kier molecular flexibility index (Phi) is 3.39. The molecule has 1 saturated carbocycles. The van der Waals surface area contributed by atoms with Crippen molar-refractivity contribution in [3.05, 3.63) is 45.7 Å². The molecule has 1 fully saturated rings. The number of nitrogens with zero attached hydrogens (tertiary/aromatic N) is 2. The lowest BCUT2D eigenvalue weighted by Crippen LogP contribution is -2.05. The van der Waals surface area contributed by atoms with Crippen LogP contribution in [-0.4, -0.2) is 17.0 Å². The van der Waals surface area contributed by atoms with E-state index in [1.54, 1.807) is 0 Å². The Morgan fingerprint density at radius 2 is 2.11 bits per heavy atom. The van der Waals surface area contributed by atoms with E-state index >= 15 is 0 Å². The normalized spacial score (nSPS) is 14.9. The number of thiazole rings is 1. The first-order valence-electron chi connectivity index (χ1n) is 6.39. The van der Waals surface area contributed by atoms with Crippen LogP contribution in [0.1, 0.15) is 39.9 Å². The first kappa shape index (κ1) is 11.8. The average molecular weight is 259 g/mol. The van der Waals surface area contributed by atoms with Crippen LogP contribution in [0.4, 0.5) is 0 Å². The van der Waals surface area contributed by atoms with Crippen molar-refractivity contribution >= 4 is 11.3 Å². The van der Waals surface area contributed by atoms with Gasteiger partial charge in [0.05, 0.1) is 10.7 Å². The summed E-state index contributed by atoms with van der Waals surface area (Å²) in [5, 5.41) is 4.47. The maximum absolute atomic E-state index is 4.84. The molecule has 0 amide bonds. The van der Waals surface area contributed by atoms with Gasteiger partial charge < -0.3 is 5.32 Å². The van der Waals surface area contributed by atoms with Crippen molar-refractivity contribution in [2.75, 3.05) is 7.05 Å². The van der Waals surface area contributed by atoms with E-state index in [4.69, 9.17) is 4.98 Å². The van der Waals surface area contributed by atoms with Gasteiger partial charge in [-0.15, -0.1) is 11.3 Å². The molecular weight excluding hydrogens is 242 g/mol. The average Bonchev–Trinajstić information content (AvgIpc) is 3.15. The van der Waals surface area contributed by atoms with Crippen molar-refractivity contribution in [1.29, 1.82) is 0 Å². The highest BCUT2D eigenvalue weighted by atomic mass is 32.1. The number of aromatic nitrogens is 2. The van der Waals surface area contributed by atoms with E-state index in [1.165, 1.54) is 34.0 Å². The Labute approximate surface area is 111 Å². The molecule has 3 rings (SSSR count). The Hall–Kier alpha value is -1.26. The standard InChI is InChI=1S/C14H17N3S/c1-15-9-12-14(11-2-3-11)17-13(18-12)8-10-4-6-16-7-5-10/h4-7,11,15H,2-3,8-9H2,1H3. The molecule has 1 N–H and O–H groups in total. The molecule has 0 unspecified atom stereocenters. The van der Waals surface area contributed by atoms with Gasteiger partial charge in [-0.3, -0.25) is 4.98 Å². The summed E-state index contributed by atoms with van der Waals surface area (Å²) in [7, 11) is 2.00. The minimum Gasteiger partial charge on any atom is -0.315 e. The molecule has 0 aromatic carbocycles. The van der Waals surface area contributed by atoms with Crippen LogP contribution in [0.15, 0.2) is 24.5 Å². The highest BCUT2D eigenvalue weighted by molar-refractivity contribution is 7.11. The molecule has 2 heterocycles. The second kappa shape index (κ2) is 5.16. The molecule has 0 bridgehead atoms. The second-order valence-electron chi connectivity index (χ2n) is 4.75. The molecular formula is C14H17N3S. The largest absolute Gasteiger partial charge is 0.315 e. The molecule has 0 spiro atoms. The lowest BCUT2D eigenvalue weighted by Gasteiger charge is -1.97. The zero-order valence-electron chi connectivity index (χ0n) is 10.5. The van der Waals surface area contributed by atoms with E-state index in [-0.39, 0.29) is 0 Å². The molecule has 1 aliphatic carbocycles. The molecule has 0 atom stereocenters. The van der Waals surface area contributed by atoms with Crippen molar-refractivity contribution in [2.45, 2.75) is 31.7 Å². The predicted octanol–water partition coefficient (Wildman–Crippen LogP) is 2.73. The van der Waals surface area contributed by atoms with Gasteiger partial charge in [-0.1, -0.05) is 0 Å². The third-order valence-corrected chi connectivity index (χ3v) is 4.25. The minimum absolute atomic E-state index is 0.732. The van der Waals surface area contributed by atoms with Crippen LogP contribution >= 0.6 is 11.3 Å². The molecule has 4 heteroatoms. The van der Waals surface area contributed by atoms with Crippen molar-refractivity contribution in [3.8, 4) is 0 Å². The summed E-state index contributed by atoms with van der Waals surface area (Å²) < 4.78 is 0. The van der Waals surface area contributed by atoms with Gasteiger partial charge in [0.15, 0.2) is 0 Å². The quantitative estimate of drug-likeness (QED) is 0.897. The summed E-state index contributed by atoms with van der Waals surface area (Å²) in [4.78, 5) is 10.3. The van der Waals surface area contributed by atoms with Crippen molar-refractivity contribution < 1.29 is 0 Å². The fourth-order valence-corrected chi connectivity index (χ4v) is 3.33. The van der Waals surface area contributed by atoms with Gasteiger partial charge in [0, 0.05) is 36.2 Å². The zero-order chi connectivity index (χ0) is 12.4. The molecule has 1 aliphatic rings. The van der Waals surface area contributed by atoms with Crippen LogP contribution in [0.5, 0.6) is 0 Å². The molecule has 2 aromatic rings. The van der Waals surface area contributed by atoms with Crippen molar-refractivity contribution in [3.63, 3.8) is 0 Å². The smallest absolute Gasteiger partial charge is 0.0975 e. The van der Waals surface area contributed by atoms with Crippen molar-refractivity contribution in [2.24, 2.45) is 0 Å². The number of hydrogen-bond acceptors (Lipinski definition) is 4. The number of hydrogen-bond donors (Lipinski definition) is 1. The third-order valence-electron chi connectivity index (χ3n) is 3.18. The van der Waals surface area contributed by atoms with Crippen LogP contribution in [0.25, 0.3) is 0 Å². The van der Waals surface area contributed by atoms with Gasteiger partial charge in [0.1, 0.15) is 0 Å². The Morgan fingerprint density at radius 3 is 2.78 bits per heavy atom. The van der Waals surface area contributed by atoms with Gasteiger partial charge in [-0.05, 0) is 37.6 Å². The third kappa shape index (κ3) is 2.60. The Bertz CT molecular complexity index is 517. The molecule has 2 aromatic heterocycles. The number of nitrogens with one attached hydrogen (secondary N) is 1. The lowest BCUT2D eigenvalue weighted by atomic mass is 10.2. The Balaban J connectivity index is 1.82. The summed E-state index contributed by atoms with van der Waals surface area (Å²) >= 11 is 1.85. The van der Waals surface area contributed by atoms with Gasteiger partial charge in [-0.25, -0.2) is 4.98 Å². The summed E-state index contributed by atoms with van der Waals surface area (Å²) in [6, 6.07) is 4.13. The van der Waals surface area contributed by atoms with Crippen LogP contribution in [0.3, 0.4) is 0 Å². The summed E-state index contributed by atoms with van der Waals surface area (Å²) in [6.45, 7) is 0.944. The van der Waals surface area contributed by atoms with E-state index in [9.17, 15) is 0 Å². The van der Waals surface area contributed by atoms with Crippen LogP contribution in [-0.2, 0) is 13.0 Å². The zero-order valence-corrected chi connectivity index (χ0v) is 11.3. The van der Waals surface area contributed by atoms with Crippen LogP contribution in [0.2, 0.25) is 0 Å². The Morgan fingerprint density at radius 1 is 1.33 bits per heavy atom.